The van der Waals surface area contributed by atoms with Crippen LogP contribution in [-0.2, 0) is 13.6 Å². The molecule has 0 aliphatic carbocycles. The summed E-state index contributed by atoms with van der Waals surface area (Å²) in [6.07, 6.45) is 0.784. The molecular weight excluding hydrogens is 494 g/mol. The number of fused-ring (bicyclic) bond motifs is 1. The summed E-state index contributed by atoms with van der Waals surface area (Å²) in [6.45, 7) is 22.4. The van der Waals surface area contributed by atoms with Crippen molar-refractivity contribution >= 4 is 33.7 Å². The van der Waals surface area contributed by atoms with E-state index in [1.165, 1.54) is 0 Å². The molecule has 0 bridgehead atoms. The Kier molecular flexibility index (Phi) is 8.01. The molecule has 2 aromatic rings. The molecule has 4 atom stereocenters. The molecular formula is C24H45N5O5Si2. The second-order valence-corrected chi connectivity index (χ2v) is 22.5. The van der Waals surface area contributed by atoms with Crippen LogP contribution in [0.3, 0.4) is 0 Å². The van der Waals surface area contributed by atoms with Crippen LogP contribution in [0.1, 0.15) is 54.2 Å². The van der Waals surface area contributed by atoms with E-state index in [1.807, 2.05) is 0 Å². The fourth-order valence-electron chi connectivity index (χ4n) is 3.97. The fraction of sp³-hybridized carbons (Fsp3) is 0.792. The molecule has 10 nitrogen and oxygen atoms in total. The van der Waals surface area contributed by atoms with Gasteiger partial charge in [0, 0.05) is 12.5 Å². The van der Waals surface area contributed by atoms with Gasteiger partial charge in [0.05, 0.1) is 25.1 Å². The number of ether oxygens (including phenoxy) is 1. The van der Waals surface area contributed by atoms with Gasteiger partial charge in [-0.2, -0.15) is 4.98 Å². The molecule has 0 aromatic carbocycles. The van der Waals surface area contributed by atoms with Gasteiger partial charge in [-0.25, -0.2) is 4.98 Å². The lowest BCUT2D eigenvalue weighted by molar-refractivity contribution is -0.0453. The molecule has 36 heavy (non-hydrogen) atoms. The third kappa shape index (κ3) is 5.63. The summed E-state index contributed by atoms with van der Waals surface area (Å²) in [7, 11) is -4.28. The monoisotopic (exact) mass is 539 g/mol. The molecule has 1 unspecified atom stereocenters. The molecule has 1 fully saturated rings. The van der Waals surface area contributed by atoms with Crippen molar-refractivity contribution in [2.75, 3.05) is 18.9 Å². The molecule has 0 radical (unpaired) electrons. The third-order valence-electron chi connectivity index (χ3n) is 8.33. The number of hydrogen-bond donors (Lipinski definition) is 3. The van der Waals surface area contributed by atoms with E-state index in [0.29, 0.717) is 18.7 Å². The molecule has 1 aliphatic rings. The van der Waals surface area contributed by atoms with Gasteiger partial charge in [-0.3, -0.25) is 14.3 Å². The quantitative estimate of drug-likeness (QED) is 0.428. The Morgan fingerprint density at radius 1 is 1.14 bits per heavy atom. The van der Waals surface area contributed by atoms with Crippen molar-refractivity contribution in [1.82, 2.24) is 19.5 Å². The van der Waals surface area contributed by atoms with Gasteiger partial charge in [0.15, 0.2) is 34.0 Å². The number of aromatic nitrogens is 4. The van der Waals surface area contributed by atoms with Gasteiger partial charge in [0.1, 0.15) is 0 Å². The van der Waals surface area contributed by atoms with Crippen molar-refractivity contribution in [2.45, 2.75) is 103 Å². The molecule has 204 valence electrons. The summed E-state index contributed by atoms with van der Waals surface area (Å²) in [6, 6.07) is 0. The van der Waals surface area contributed by atoms with E-state index >= 15 is 0 Å². The number of nitrogens with two attached hydrogens (primary N) is 1. The Morgan fingerprint density at radius 2 is 1.75 bits per heavy atom. The van der Waals surface area contributed by atoms with Crippen molar-refractivity contribution in [3.8, 4) is 0 Å². The average molecular weight is 540 g/mol. The highest BCUT2D eigenvalue weighted by Crippen LogP contribution is 2.46. The smallest absolute Gasteiger partial charge is 0.280 e. The largest absolute Gasteiger partial charge is 0.414 e. The number of rotatable bonds is 8. The van der Waals surface area contributed by atoms with Crippen LogP contribution in [0, 0.1) is 5.92 Å². The van der Waals surface area contributed by atoms with Crippen LogP contribution in [0.2, 0.25) is 36.3 Å². The van der Waals surface area contributed by atoms with Crippen LogP contribution in [0.5, 0.6) is 0 Å². The second-order valence-electron chi connectivity index (χ2n) is 12.9. The minimum absolute atomic E-state index is 0.00421. The molecule has 3 heterocycles. The van der Waals surface area contributed by atoms with Crippen LogP contribution in [-0.4, -0.2) is 66.7 Å². The first-order valence-electron chi connectivity index (χ1n) is 12.7. The summed E-state index contributed by atoms with van der Waals surface area (Å²) >= 11 is 0. The topological polar surface area (TPSA) is 138 Å². The molecule has 0 spiro atoms. The minimum atomic E-state index is -2.24. The highest BCUT2D eigenvalue weighted by molar-refractivity contribution is 6.74. The molecule has 3 rings (SSSR count). The second kappa shape index (κ2) is 9.95. The average Bonchev–Trinajstić information content (AvgIpc) is 3.27. The van der Waals surface area contributed by atoms with E-state index in [0.717, 1.165) is 0 Å². The molecule has 0 amide bonds. The third-order valence-corrected chi connectivity index (χ3v) is 17.3. The highest BCUT2D eigenvalue weighted by Gasteiger charge is 2.51. The normalized spacial score (nSPS) is 24.1. The number of nitrogens with zero attached hydrogens (tertiary/aromatic N) is 3. The van der Waals surface area contributed by atoms with E-state index < -0.39 is 28.4 Å². The molecule has 1 aliphatic heterocycles. The molecule has 2 aromatic heterocycles. The van der Waals surface area contributed by atoms with Crippen LogP contribution in [0.15, 0.2) is 11.1 Å². The van der Waals surface area contributed by atoms with Gasteiger partial charge in [-0.1, -0.05) is 41.5 Å². The number of nitrogens with one attached hydrogen (secondary N) is 1. The van der Waals surface area contributed by atoms with Gasteiger partial charge in [-0.15, -0.1) is 0 Å². The Labute approximate surface area is 216 Å². The summed E-state index contributed by atoms with van der Waals surface area (Å²) in [5.74, 6) is -0.102. The molecule has 0 saturated carbocycles. The molecule has 4 N–H and O–H groups in total. The van der Waals surface area contributed by atoms with E-state index in [9.17, 15) is 9.90 Å². The number of H-pyrrole nitrogens is 1. The summed E-state index contributed by atoms with van der Waals surface area (Å²) < 4.78 is 21.9. The van der Waals surface area contributed by atoms with Gasteiger partial charge in [-0.05, 0) is 42.7 Å². The standard InChI is InChI=1S/C24H45N5O5Si2/c1-23(2,3)35(7,8)32-13-16-15(11-12-30)18(34-36(9,10)24(4,5)6)21(33-16)29-14-26-17-19(29)27-22(25)28-20(17)31/h14-16,18,21,30H,11-13H2,1-10H3,(H3,25,27,28,31)/t15-,16-,18?,21-/m1/s1. The lowest BCUT2D eigenvalue weighted by Crippen LogP contribution is -2.48. The maximum atomic E-state index is 12.4. The van der Waals surface area contributed by atoms with Crippen molar-refractivity contribution in [3.63, 3.8) is 0 Å². The number of aromatic amines is 1. The zero-order chi connectivity index (χ0) is 27.3. The van der Waals surface area contributed by atoms with Gasteiger partial charge < -0.3 is 24.4 Å². The number of hydrogen-bond acceptors (Lipinski definition) is 8. The lowest BCUT2D eigenvalue weighted by atomic mass is 9.95. The zero-order valence-electron chi connectivity index (χ0n) is 23.5. The van der Waals surface area contributed by atoms with Gasteiger partial charge >= 0.3 is 0 Å². The summed E-state index contributed by atoms with van der Waals surface area (Å²) in [4.78, 5) is 23.6. The lowest BCUT2D eigenvalue weighted by Gasteiger charge is -2.41. The number of nitrogen functional groups attached to an aromatic ring is 1. The predicted octanol–water partition coefficient (Wildman–Crippen LogP) is 4.01. The van der Waals surface area contributed by atoms with Gasteiger partial charge in [0.25, 0.3) is 5.56 Å². The number of imidazole rings is 1. The Bertz CT molecular complexity index is 1120. The van der Waals surface area contributed by atoms with E-state index in [4.69, 9.17) is 19.3 Å². The van der Waals surface area contributed by atoms with Crippen LogP contribution >= 0.6 is 0 Å². The SMILES string of the molecule is CC(C)(C)[Si](C)(C)OC[C@H]1O[C@@H](n2cnc3c(=O)[nH]c(N)nc32)C(O[Si](C)(C)C(C)(C)C)[C@@H]1CCO. The van der Waals surface area contributed by atoms with Crippen molar-refractivity contribution in [3.05, 3.63) is 16.7 Å². The number of anilines is 1. The van der Waals surface area contributed by atoms with Crippen LogP contribution in [0.4, 0.5) is 5.95 Å². The maximum Gasteiger partial charge on any atom is 0.280 e. The van der Waals surface area contributed by atoms with E-state index in [-0.39, 0.29) is 46.3 Å². The van der Waals surface area contributed by atoms with Crippen molar-refractivity contribution in [2.24, 2.45) is 5.92 Å². The van der Waals surface area contributed by atoms with Crippen molar-refractivity contribution < 1.29 is 18.7 Å². The maximum absolute atomic E-state index is 12.4. The van der Waals surface area contributed by atoms with Crippen LogP contribution < -0.4 is 11.3 Å². The Balaban J connectivity index is 2.06. The molecule has 1 saturated heterocycles. The minimum Gasteiger partial charge on any atom is -0.414 e. The summed E-state index contributed by atoms with van der Waals surface area (Å²) in [5.41, 5.74) is 6.00. The van der Waals surface area contributed by atoms with Gasteiger partial charge in [0.2, 0.25) is 5.95 Å². The number of aliphatic hydroxyl groups excluding tert-OH is 1. The Morgan fingerprint density at radius 3 is 2.31 bits per heavy atom. The Hall–Kier alpha value is -1.58. The predicted molar refractivity (Wildman–Crippen MR) is 147 cm³/mol. The zero-order valence-corrected chi connectivity index (χ0v) is 25.5. The first kappa shape index (κ1) is 29.0. The highest BCUT2D eigenvalue weighted by atomic mass is 28.4. The first-order chi connectivity index (χ1) is 16.4. The summed E-state index contributed by atoms with van der Waals surface area (Å²) in [5, 5.41) is 10.0. The van der Waals surface area contributed by atoms with Crippen LogP contribution in [0.25, 0.3) is 11.2 Å². The number of aliphatic hydroxyl groups is 1. The van der Waals surface area contributed by atoms with E-state index in [1.54, 1.807) is 10.9 Å². The van der Waals surface area contributed by atoms with E-state index in [2.05, 4.69) is 82.7 Å². The fourth-order valence-corrected chi connectivity index (χ4v) is 6.30. The van der Waals surface area contributed by atoms with Crippen molar-refractivity contribution in [1.29, 1.82) is 0 Å². The molecule has 12 heteroatoms. The first-order valence-corrected chi connectivity index (χ1v) is 18.5.